The van der Waals surface area contributed by atoms with Gasteiger partial charge in [-0.1, -0.05) is 109 Å². The zero-order valence-corrected chi connectivity index (χ0v) is 19.2. The van der Waals surface area contributed by atoms with E-state index in [-0.39, 0.29) is 0 Å². The lowest BCUT2D eigenvalue weighted by atomic mass is 9.98. The van der Waals surface area contributed by atoms with Crippen molar-refractivity contribution in [1.82, 2.24) is 4.57 Å². The number of aromatic nitrogens is 1. The van der Waals surface area contributed by atoms with Gasteiger partial charge in [0.2, 0.25) is 0 Å². The van der Waals surface area contributed by atoms with E-state index in [9.17, 15) is 0 Å². The van der Waals surface area contributed by atoms with Gasteiger partial charge in [0.05, 0.1) is 11.0 Å². The molecule has 0 atom stereocenters. The molecule has 0 aliphatic carbocycles. The quantitative estimate of drug-likeness (QED) is 0.255. The molecule has 1 heteroatoms. The van der Waals surface area contributed by atoms with Crippen molar-refractivity contribution in [2.45, 2.75) is 0 Å². The van der Waals surface area contributed by atoms with Gasteiger partial charge in [0.1, 0.15) is 0 Å². The van der Waals surface area contributed by atoms with Crippen LogP contribution in [0.1, 0.15) is 0 Å². The molecular formula is C34H23N. The fourth-order valence-electron chi connectivity index (χ4n) is 5.35. The SMILES string of the molecule is c1ccc(-c2cc(-c3ccccc3)cc(-n3c4ccccc4c4c5ccccc5ccc43)c2)cc1. The van der Waals surface area contributed by atoms with Crippen molar-refractivity contribution in [1.29, 1.82) is 0 Å². The minimum absolute atomic E-state index is 1.17. The predicted molar refractivity (Wildman–Crippen MR) is 149 cm³/mol. The number of benzene rings is 6. The van der Waals surface area contributed by atoms with E-state index >= 15 is 0 Å². The van der Waals surface area contributed by atoms with Crippen LogP contribution in [-0.2, 0) is 0 Å². The van der Waals surface area contributed by atoms with Crippen LogP contribution in [0.25, 0.3) is 60.5 Å². The molecule has 35 heavy (non-hydrogen) atoms. The van der Waals surface area contributed by atoms with Crippen molar-refractivity contribution in [2.75, 3.05) is 0 Å². The predicted octanol–water partition coefficient (Wildman–Crippen LogP) is 9.27. The molecule has 0 unspecified atom stereocenters. The van der Waals surface area contributed by atoms with Crippen molar-refractivity contribution in [2.24, 2.45) is 0 Å². The molecule has 1 nitrogen and oxygen atoms in total. The van der Waals surface area contributed by atoms with Crippen LogP contribution in [-0.4, -0.2) is 4.57 Å². The van der Waals surface area contributed by atoms with Gasteiger partial charge in [-0.05, 0) is 63.4 Å². The zero-order valence-electron chi connectivity index (χ0n) is 19.2. The zero-order chi connectivity index (χ0) is 23.2. The Morgan fingerprint density at radius 1 is 0.371 bits per heavy atom. The molecule has 6 aromatic carbocycles. The highest BCUT2D eigenvalue weighted by Crippen LogP contribution is 2.38. The lowest BCUT2D eigenvalue weighted by Gasteiger charge is -2.14. The summed E-state index contributed by atoms with van der Waals surface area (Å²) < 4.78 is 2.43. The number of fused-ring (bicyclic) bond motifs is 5. The molecular weight excluding hydrogens is 422 g/mol. The van der Waals surface area contributed by atoms with Crippen LogP contribution >= 0.6 is 0 Å². The monoisotopic (exact) mass is 445 g/mol. The van der Waals surface area contributed by atoms with Crippen LogP contribution in [0, 0.1) is 0 Å². The molecule has 0 radical (unpaired) electrons. The van der Waals surface area contributed by atoms with E-state index < -0.39 is 0 Å². The molecule has 7 aromatic rings. The van der Waals surface area contributed by atoms with Gasteiger partial charge in [0, 0.05) is 16.5 Å². The molecule has 0 N–H and O–H groups in total. The molecule has 0 bridgehead atoms. The molecule has 0 amide bonds. The van der Waals surface area contributed by atoms with Crippen LogP contribution in [0.4, 0.5) is 0 Å². The van der Waals surface area contributed by atoms with Crippen molar-refractivity contribution >= 4 is 32.6 Å². The molecule has 0 fully saturated rings. The Bertz CT molecular complexity index is 1770. The summed E-state index contributed by atoms with van der Waals surface area (Å²) in [4.78, 5) is 0. The fourth-order valence-corrected chi connectivity index (χ4v) is 5.35. The summed E-state index contributed by atoms with van der Waals surface area (Å²) in [6.07, 6.45) is 0. The molecule has 0 saturated carbocycles. The summed E-state index contributed by atoms with van der Waals surface area (Å²) in [6, 6.07) is 50.2. The van der Waals surface area contributed by atoms with E-state index in [0.717, 1.165) is 0 Å². The number of hydrogen-bond acceptors (Lipinski definition) is 0. The molecule has 0 saturated heterocycles. The van der Waals surface area contributed by atoms with Gasteiger partial charge in [0.15, 0.2) is 0 Å². The minimum atomic E-state index is 1.17. The van der Waals surface area contributed by atoms with Crippen LogP contribution in [0.5, 0.6) is 0 Å². The summed E-state index contributed by atoms with van der Waals surface area (Å²) in [5, 5.41) is 5.16. The molecule has 164 valence electrons. The first kappa shape index (κ1) is 19.8. The lowest BCUT2D eigenvalue weighted by molar-refractivity contribution is 1.18. The fraction of sp³-hybridized carbons (Fsp3) is 0. The van der Waals surface area contributed by atoms with Gasteiger partial charge in [0.25, 0.3) is 0 Å². The highest BCUT2D eigenvalue weighted by molar-refractivity contribution is 6.21. The summed E-state index contributed by atoms with van der Waals surface area (Å²) in [7, 11) is 0. The van der Waals surface area contributed by atoms with Gasteiger partial charge < -0.3 is 4.57 Å². The number of nitrogens with zero attached hydrogens (tertiary/aromatic N) is 1. The Balaban J connectivity index is 1.60. The van der Waals surface area contributed by atoms with Gasteiger partial charge in [-0.25, -0.2) is 0 Å². The molecule has 0 aliphatic rings. The second kappa shape index (κ2) is 8.00. The minimum Gasteiger partial charge on any atom is -0.309 e. The second-order valence-corrected chi connectivity index (χ2v) is 9.03. The Labute approximate surface area is 204 Å². The maximum Gasteiger partial charge on any atom is 0.0547 e. The third-order valence-corrected chi connectivity index (χ3v) is 6.95. The third-order valence-electron chi connectivity index (χ3n) is 6.95. The largest absolute Gasteiger partial charge is 0.309 e. The number of hydrogen-bond donors (Lipinski definition) is 0. The van der Waals surface area contributed by atoms with Crippen molar-refractivity contribution in [3.63, 3.8) is 0 Å². The van der Waals surface area contributed by atoms with E-state index in [1.54, 1.807) is 0 Å². The normalized spacial score (nSPS) is 11.4. The first-order valence-electron chi connectivity index (χ1n) is 12.0. The van der Waals surface area contributed by atoms with Crippen LogP contribution in [0.15, 0.2) is 140 Å². The molecule has 1 heterocycles. The third kappa shape index (κ3) is 3.25. The molecule has 7 rings (SSSR count). The second-order valence-electron chi connectivity index (χ2n) is 9.03. The standard InChI is InChI=1S/C34H23N/c1-3-11-24(12-4-1)27-21-28(25-13-5-2-6-14-25)23-29(22-27)35-32-18-10-9-17-31(32)34-30-16-8-7-15-26(30)19-20-33(34)35/h1-23H. The smallest absolute Gasteiger partial charge is 0.0547 e. The van der Waals surface area contributed by atoms with Crippen LogP contribution in [0.2, 0.25) is 0 Å². The summed E-state index contributed by atoms with van der Waals surface area (Å²) >= 11 is 0. The topological polar surface area (TPSA) is 4.93 Å². The van der Waals surface area contributed by atoms with Crippen molar-refractivity contribution in [3.05, 3.63) is 140 Å². The number of rotatable bonds is 3. The van der Waals surface area contributed by atoms with Crippen LogP contribution in [0.3, 0.4) is 0 Å². The van der Waals surface area contributed by atoms with E-state index in [0.29, 0.717) is 0 Å². The average molecular weight is 446 g/mol. The first-order chi connectivity index (χ1) is 17.4. The van der Waals surface area contributed by atoms with Gasteiger partial charge >= 0.3 is 0 Å². The summed E-state index contributed by atoms with van der Waals surface area (Å²) in [6.45, 7) is 0. The van der Waals surface area contributed by atoms with E-state index in [1.165, 1.54) is 60.5 Å². The summed E-state index contributed by atoms with van der Waals surface area (Å²) in [5.41, 5.74) is 8.50. The van der Waals surface area contributed by atoms with Gasteiger partial charge in [-0.15, -0.1) is 0 Å². The average Bonchev–Trinajstić information content (AvgIpc) is 3.29. The van der Waals surface area contributed by atoms with Crippen molar-refractivity contribution in [3.8, 4) is 27.9 Å². The molecule has 1 aromatic heterocycles. The Morgan fingerprint density at radius 2 is 0.943 bits per heavy atom. The Morgan fingerprint density at radius 3 is 1.63 bits per heavy atom. The van der Waals surface area contributed by atoms with E-state index in [2.05, 4.69) is 144 Å². The van der Waals surface area contributed by atoms with Crippen molar-refractivity contribution < 1.29 is 0 Å². The van der Waals surface area contributed by atoms with Gasteiger partial charge in [-0.3, -0.25) is 0 Å². The molecule has 0 aliphatic heterocycles. The van der Waals surface area contributed by atoms with Crippen LogP contribution < -0.4 is 0 Å². The Hall–Kier alpha value is -4.62. The van der Waals surface area contributed by atoms with E-state index in [1.807, 2.05) is 0 Å². The maximum absolute atomic E-state index is 2.43. The maximum atomic E-state index is 2.43. The lowest BCUT2D eigenvalue weighted by Crippen LogP contribution is -1.96. The molecule has 0 spiro atoms. The summed E-state index contributed by atoms with van der Waals surface area (Å²) in [5.74, 6) is 0. The van der Waals surface area contributed by atoms with Gasteiger partial charge in [-0.2, -0.15) is 0 Å². The highest BCUT2D eigenvalue weighted by atomic mass is 15.0. The number of para-hydroxylation sites is 1. The highest BCUT2D eigenvalue weighted by Gasteiger charge is 2.16. The first-order valence-corrected chi connectivity index (χ1v) is 12.0. The van der Waals surface area contributed by atoms with E-state index in [4.69, 9.17) is 0 Å². The Kier molecular flexibility index (Phi) is 4.53.